The number of nitrogens with one attached hydrogen (secondary N) is 1. The van der Waals surface area contributed by atoms with Crippen molar-refractivity contribution in [2.24, 2.45) is 0 Å². The molecule has 1 rings (SSSR count). The summed E-state index contributed by atoms with van der Waals surface area (Å²) in [5.74, 6) is 0.970. The van der Waals surface area contributed by atoms with Crippen molar-refractivity contribution in [3.63, 3.8) is 0 Å². The predicted molar refractivity (Wildman–Crippen MR) is 65.5 cm³/mol. The van der Waals surface area contributed by atoms with Crippen LogP contribution in [-0.4, -0.2) is 53.9 Å². The molecule has 96 valence electrons. The maximum Gasteiger partial charge on any atom is 0.322 e. The van der Waals surface area contributed by atoms with E-state index in [1.807, 2.05) is 11.9 Å². The van der Waals surface area contributed by atoms with Crippen LogP contribution in [-0.2, 0) is 0 Å². The molecule has 0 aliphatic rings. The van der Waals surface area contributed by atoms with Crippen molar-refractivity contribution >= 4 is 11.9 Å². The van der Waals surface area contributed by atoms with Crippen molar-refractivity contribution in [1.82, 2.24) is 15.0 Å². The first-order valence-corrected chi connectivity index (χ1v) is 5.43. The fourth-order valence-corrected chi connectivity index (χ4v) is 1.20. The highest BCUT2D eigenvalue weighted by Gasteiger charge is 2.10. The van der Waals surface area contributed by atoms with Crippen LogP contribution >= 0.6 is 0 Å². The summed E-state index contributed by atoms with van der Waals surface area (Å²) in [7, 11) is 5.10. The van der Waals surface area contributed by atoms with E-state index in [-0.39, 0.29) is 12.1 Å². The number of aliphatic hydroxyl groups excluding tert-OH is 1. The van der Waals surface area contributed by atoms with Gasteiger partial charge in [0.1, 0.15) is 0 Å². The Balaban J connectivity index is 2.80. The van der Waals surface area contributed by atoms with Crippen LogP contribution in [0.4, 0.5) is 11.9 Å². The predicted octanol–water partition coefficient (Wildman–Crippen LogP) is 0.129. The molecule has 0 aliphatic carbocycles. The zero-order chi connectivity index (χ0) is 12.8. The van der Waals surface area contributed by atoms with Crippen molar-refractivity contribution in [3.05, 3.63) is 0 Å². The van der Waals surface area contributed by atoms with Crippen LogP contribution in [0.3, 0.4) is 0 Å². The van der Waals surface area contributed by atoms with Crippen molar-refractivity contribution in [3.8, 4) is 6.01 Å². The second kappa shape index (κ2) is 6.19. The van der Waals surface area contributed by atoms with Gasteiger partial charge in [-0.25, -0.2) is 0 Å². The molecule has 0 amide bonds. The zero-order valence-corrected chi connectivity index (χ0v) is 10.6. The Morgan fingerprint density at radius 1 is 1.41 bits per heavy atom. The number of methoxy groups -OCH3 is 1. The molecular weight excluding hydrogens is 222 g/mol. The van der Waals surface area contributed by atoms with Crippen LogP contribution in [0.1, 0.15) is 13.3 Å². The Morgan fingerprint density at radius 3 is 2.65 bits per heavy atom. The second-order valence-electron chi connectivity index (χ2n) is 3.75. The third kappa shape index (κ3) is 4.03. The molecule has 0 aromatic carbocycles. The normalized spacial score (nSPS) is 12.1. The van der Waals surface area contributed by atoms with Gasteiger partial charge in [0.05, 0.1) is 13.2 Å². The van der Waals surface area contributed by atoms with Crippen molar-refractivity contribution in [2.75, 3.05) is 38.0 Å². The molecule has 0 bridgehead atoms. The van der Waals surface area contributed by atoms with Crippen molar-refractivity contribution < 1.29 is 9.84 Å². The molecule has 1 aromatic rings. The Kier molecular flexibility index (Phi) is 4.89. The molecule has 0 saturated carbocycles. The van der Waals surface area contributed by atoms with Gasteiger partial charge in [0.25, 0.3) is 0 Å². The number of nitrogens with zero attached hydrogens (tertiary/aromatic N) is 4. The van der Waals surface area contributed by atoms with E-state index >= 15 is 0 Å². The van der Waals surface area contributed by atoms with Gasteiger partial charge in [-0.1, -0.05) is 0 Å². The summed E-state index contributed by atoms with van der Waals surface area (Å²) in [6, 6.07) is 0.267. The van der Waals surface area contributed by atoms with E-state index in [1.165, 1.54) is 7.11 Å². The lowest BCUT2D eigenvalue weighted by Crippen LogP contribution is -2.24. The van der Waals surface area contributed by atoms with Crippen LogP contribution in [0, 0.1) is 0 Å². The highest BCUT2D eigenvalue weighted by Crippen LogP contribution is 2.13. The van der Waals surface area contributed by atoms with Gasteiger partial charge >= 0.3 is 6.01 Å². The molecule has 0 saturated heterocycles. The molecule has 0 radical (unpaired) electrons. The molecule has 0 fully saturated rings. The van der Waals surface area contributed by atoms with Gasteiger partial charge in [-0.05, 0) is 13.3 Å². The summed E-state index contributed by atoms with van der Waals surface area (Å²) in [4.78, 5) is 14.2. The molecule has 7 heteroatoms. The zero-order valence-electron chi connectivity index (χ0n) is 10.6. The first-order valence-electron chi connectivity index (χ1n) is 5.43. The van der Waals surface area contributed by atoms with E-state index in [2.05, 4.69) is 20.3 Å². The molecule has 1 heterocycles. The molecular formula is C10H19N5O2. The molecule has 1 aromatic heterocycles. The van der Waals surface area contributed by atoms with E-state index in [4.69, 9.17) is 4.74 Å². The number of ether oxygens (including phenoxy) is 1. The Labute approximate surface area is 101 Å². The number of anilines is 2. The minimum Gasteiger partial charge on any atom is -0.467 e. The first kappa shape index (κ1) is 13.4. The second-order valence-corrected chi connectivity index (χ2v) is 3.75. The number of hydrogen-bond donors (Lipinski definition) is 2. The monoisotopic (exact) mass is 241 g/mol. The lowest BCUT2D eigenvalue weighted by atomic mass is 10.3. The minimum atomic E-state index is -0.343. The minimum absolute atomic E-state index is 0.267. The Hall–Kier alpha value is -1.63. The van der Waals surface area contributed by atoms with Crippen LogP contribution in [0.2, 0.25) is 0 Å². The van der Waals surface area contributed by atoms with Crippen LogP contribution in [0.15, 0.2) is 0 Å². The van der Waals surface area contributed by atoms with E-state index < -0.39 is 0 Å². The summed E-state index contributed by atoms with van der Waals surface area (Å²) in [6.07, 6.45) is 0.310. The summed E-state index contributed by atoms with van der Waals surface area (Å²) in [5.41, 5.74) is 0. The van der Waals surface area contributed by atoms with E-state index in [1.54, 1.807) is 14.0 Å². The van der Waals surface area contributed by atoms with Crippen LogP contribution in [0.25, 0.3) is 0 Å². The summed E-state index contributed by atoms with van der Waals surface area (Å²) < 4.78 is 4.99. The number of aromatic nitrogens is 3. The molecule has 0 spiro atoms. The first-order chi connectivity index (χ1) is 8.06. The molecule has 7 nitrogen and oxygen atoms in total. The number of hydrogen-bond acceptors (Lipinski definition) is 7. The molecule has 17 heavy (non-hydrogen) atoms. The standard InChI is InChI=1S/C10H19N5O2/c1-7(16)5-6-15(3)9-12-8(11-2)13-10(14-9)17-4/h7,16H,5-6H2,1-4H3,(H,11,12,13,14). The molecule has 1 unspecified atom stereocenters. The van der Waals surface area contributed by atoms with E-state index in [9.17, 15) is 5.11 Å². The quantitative estimate of drug-likeness (QED) is 0.732. The van der Waals surface area contributed by atoms with E-state index in [0.29, 0.717) is 24.9 Å². The SMILES string of the molecule is CNc1nc(OC)nc(N(C)CCC(C)O)n1. The molecule has 1 atom stereocenters. The smallest absolute Gasteiger partial charge is 0.322 e. The lowest BCUT2D eigenvalue weighted by molar-refractivity contribution is 0.186. The third-order valence-electron chi connectivity index (χ3n) is 2.23. The van der Waals surface area contributed by atoms with Crippen molar-refractivity contribution in [2.45, 2.75) is 19.4 Å². The fourth-order valence-electron chi connectivity index (χ4n) is 1.20. The largest absolute Gasteiger partial charge is 0.467 e. The third-order valence-corrected chi connectivity index (χ3v) is 2.23. The van der Waals surface area contributed by atoms with Gasteiger partial charge in [0.15, 0.2) is 0 Å². The summed E-state index contributed by atoms with van der Waals surface area (Å²) >= 11 is 0. The molecule has 2 N–H and O–H groups in total. The maximum atomic E-state index is 9.23. The molecule has 0 aliphatic heterocycles. The van der Waals surface area contributed by atoms with Gasteiger partial charge in [-0.3, -0.25) is 0 Å². The van der Waals surface area contributed by atoms with Gasteiger partial charge in [0.2, 0.25) is 11.9 Å². The highest BCUT2D eigenvalue weighted by atomic mass is 16.5. The van der Waals surface area contributed by atoms with Crippen LogP contribution in [0.5, 0.6) is 6.01 Å². The average Bonchev–Trinajstić information content (AvgIpc) is 2.34. The van der Waals surface area contributed by atoms with E-state index in [0.717, 1.165) is 0 Å². The summed E-state index contributed by atoms with van der Waals surface area (Å²) in [5, 5.41) is 12.1. The number of aliphatic hydroxyl groups is 1. The highest BCUT2D eigenvalue weighted by molar-refractivity contribution is 5.37. The maximum absolute atomic E-state index is 9.23. The number of rotatable bonds is 6. The van der Waals surface area contributed by atoms with Gasteiger partial charge in [-0.15, -0.1) is 0 Å². The van der Waals surface area contributed by atoms with Gasteiger partial charge in [-0.2, -0.15) is 15.0 Å². The Morgan fingerprint density at radius 2 is 2.12 bits per heavy atom. The van der Waals surface area contributed by atoms with Gasteiger partial charge < -0.3 is 20.1 Å². The van der Waals surface area contributed by atoms with Crippen LogP contribution < -0.4 is 15.0 Å². The lowest BCUT2D eigenvalue weighted by Gasteiger charge is -2.18. The topological polar surface area (TPSA) is 83.4 Å². The van der Waals surface area contributed by atoms with Gasteiger partial charge in [0, 0.05) is 20.6 Å². The average molecular weight is 241 g/mol. The Bertz CT molecular complexity index is 336. The fraction of sp³-hybridized carbons (Fsp3) is 0.700. The van der Waals surface area contributed by atoms with Crippen molar-refractivity contribution in [1.29, 1.82) is 0 Å². The summed E-state index contributed by atoms with van der Waals surface area (Å²) in [6.45, 7) is 2.41.